The Morgan fingerprint density at radius 2 is 1.73 bits per heavy atom. The minimum atomic E-state index is -4.50. The van der Waals surface area contributed by atoms with Crippen molar-refractivity contribution in [2.75, 3.05) is 5.75 Å². The average molecular weight is 193 g/mol. The van der Waals surface area contributed by atoms with E-state index in [0.717, 1.165) is 0 Å². The van der Waals surface area contributed by atoms with Crippen molar-refractivity contribution in [3.8, 4) is 0 Å². The Morgan fingerprint density at radius 3 is 1.82 bits per heavy atom. The monoisotopic (exact) mass is 193 g/mol. The van der Waals surface area contributed by atoms with E-state index in [0.29, 0.717) is 0 Å². The van der Waals surface area contributed by atoms with Crippen LogP contribution in [0.4, 0.5) is 17.6 Å². The lowest BCUT2D eigenvalue weighted by Crippen LogP contribution is -2.34. The predicted molar refractivity (Wildman–Crippen MR) is 30.1 cm³/mol. The highest BCUT2D eigenvalue weighted by molar-refractivity contribution is 7.92. The molecule has 0 spiro atoms. The van der Waals surface area contributed by atoms with Gasteiger partial charge in [0.15, 0.2) is 9.84 Å². The van der Waals surface area contributed by atoms with Gasteiger partial charge in [0.1, 0.15) is 5.75 Å². The number of hydrogen-bond acceptors (Lipinski definition) is 2. The molecule has 0 heterocycles. The quantitative estimate of drug-likeness (QED) is 0.629. The van der Waals surface area contributed by atoms with E-state index in [1.54, 1.807) is 0 Å². The Balaban J connectivity index is 4.38. The third-order valence-electron chi connectivity index (χ3n) is 0.732. The van der Waals surface area contributed by atoms with Gasteiger partial charge in [0.25, 0.3) is 0 Å². The molecule has 0 aliphatic rings. The lowest BCUT2D eigenvalue weighted by atomic mass is 10.4. The van der Waals surface area contributed by atoms with Crippen LogP contribution in [-0.2, 0) is 9.84 Å². The van der Waals surface area contributed by atoms with Crippen molar-refractivity contribution in [1.29, 1.82) is 0 Å². The van der Waals surface area contributed by atoms with Crippen LogP contribution in [-0.4, -0.2) is 26.5 Å². The lowest BCUT2D eigenvalue weighted by Gasteiger charge is -2.12. The topological polar surface area (TPSA) is 34.1 Å². The number of hydrogen-bond donors (Lipinski definition) is 0. The molecule has 0 aliphatic heterocycles. The van der Waals surface area contributed by atoms with Gasteiger partial charge in [-0.1, -0.05) is 0 Å². The molecule has 0 saturated carbocycles. The second kappa shape index (κ2) is 2.96. The Kier molecular flexibility index (Phi) is 2.87. The third kappa shape index (κ3) is 4.18. The number of rotatable bonds is 3. The molecule has 0 aromatic rings. The predicted octanol–water partition coefficient (Wildman–Crippen LogP) is 1.09. The standard InChI is InChI=1S/C4H5F4O2S/c1-11(9,10)2-4(7,8)3(5)6/h3H,1-2H2. The van der Waals surface area contributed by atoms with Crippen LogP contribution in [0.15, 0.2) is 0 Å². The van der Waals surface area contributed by atoms with Crippen molar-refractivity contribution < 1.29 is 26.0 Å². The zero-order valence-electron chi connectivity index (χ0n) is 5.23. The van der Waals surface area contributed by atoms with Crippen molar-refractivity contribution in [2.45, 2.75) is 12.3 Å². The van der Waals surface area contributed by atoms with Gasteiger partial charge in [0.2, 0.25) is 0 Å². The van der Waals surface area contributed by atoms with Crippen LogP contribution in [0.3, 0.4) is 0 Å². The molecule has 0 saturated heterocycles. The second-order valence-electron chi connectivity index (χ2n) is 1.95. The molecule has 0 bridgehead atoms. The first-order valence-electron chi connectivity index (χ1n) is 2.37. The average Bonchev–Trinajstić information content (AvgIpc) is 1.56. The molecule has 0 unspecified atom stereocenters. The molecule has 0 amide bonds. The molecule has 1 radical (unpaired) electrons. The Morgan fingerprint density at radius 1 is 1.36 bits per heavy atom. The first kappa shape index (κ1) is 10.7. The van der Waals surface area contributed by atoms with Gasteiger partial charge in [-0.2, -0.15) is 8.78 Å². The smallest absolute Gasteiger partial charge is 0.229 e. The molecule has 7 heteroatoms. The highest BCUT2D eigenvalue weighted by Crippen LogP contribution is 2.24. The van der Waals surface area contributed by atoms with E-state index in [9.17, 15) is 26.0 Å². The maximum Gasteiger partial charge on any atom is 0.321 e. The summed E-state index contributed by atoms with van der Waals surface area (Å²) in [6.45, 7) is 0. The fraction of sp³-hybridized carbons (Fsp3) is 0.750. The Bertz CT molecular complexity index is 220. The molecular weight excluding hydrogens is 188 g/mol. The van der Waals surface area contributed by atoms with Gasteiger partial charge in [-0.25, -0.2) is 17.2 Å². The summed E-state index contributed by atoms with van der Waals surface area (Å²) in [6.07, 6.45) is -1.68. The number of halogens is 4. The Labute approximate surface area is 61.1 Å². The summed E-state index contributed by atoms with van der Waals surface area (Å²) >= 11 is 0. The van der Waals surface area contributed by atoms with Gasteiger partial charge >= 0.3 is 12.3 Å². The molecule has 2 nitrogen and oxygen atoms in total. The first-order valence-corrected chi connectivity index (χ1v) is 4.19. The largest absolute Gasteiger partial charge is 0.321 e. The van der Waals surface area contributed by atoms with Crippen LogP contribution in [0.1, 0.15) is 0 Å². The SMILES string of the molecule is [CH2]S(=O)(=O)CC(F)(F)C(F)F. The van der Waals surface area contributed by atoms with E-state index in [1.807, 2.05) is 0 Å². The van der Waals surface area contributed by atoms with E-state index in [2.05, 4.69) is 6.26 Å². The molecule has 0 aliphatic carbocycles. The summed E-state index contributed by atoms with van der Waals surface area (Å²) in [5, 5.41) is 0. The van der Waals surface area contributed by atoms with E-state index in [4.69, 9.17) is 0 Å². The molecule has 11 heavy (non-hydrogen) atoms. The summed E-state index contributed by atoms with van der Waals surface area (Å²) in [4.78, 5) is 0. The van der Waals surface area contributed by atoms with Gasteiger partial charge in [0.05, 0.1) is 6.26 Å². The molecule has 0 aromatic heterocycles. The van der Waals surface area contributed by atoms with Gasteiger partial charge < -0.3 is 0 Å². The van der Waals surface area contributed by atoms with Crippen molar-refractivity contribution in [3.05, 3.63) is 6.26 Å². The number of sulfone groups is 1. The van der Waals surface area contributed by atoms with E-state index in [1.165, 1.54) is 0 Å². The summed E-state index contributed by atoms with van der Waals surface area (Å²) in [5.41, 5.74) is 0. The molecule has 0 aromatic carbocycles. The first-order chi connectivity index (χ1) is 4.65. The molecule has 0 N–H and O–H groups in total. The van der Waals surface area contributed by atoms with Crippen LogP contribution in [0.2, 0.25) is 0 Å². The highest BCUT2D eigenvalue weighted by Gasteiger charge is 2.43. The fourth-order valence-electron chi connectivity index (χ4n) is 0.356. The van der Waals surface area contributed by atoms with Gasteiger partial charge in [-0.15, -0.1) is 0 Å². The summed E-state index contributed by atoms with van der Waals surface area (Å²) in [5.74, 6) is -6.42. The maximum atomic E-state index is 11.9. The third-order valence-corrected chi connectivity index (χ3v) is 1.56. The van der Waals surface area contributed by atoms with Crippen LogP contribution >= 0.6 is 0 Å². The minimum absolute atomic E-state index is 1.92. The van der Waals surface area contributed by atoms with Gasteiger partial charge in [-0.05, 0) is 0 Å². The molecule has 0 fully saturated rings. The summed E-state index contributed by atoms with van der Waals surface area (Å²) in [7, 11) is -4.31. The van der Waals surface area contributed by atoms with Crippen molar-refractivity contribution in [2.24, 2.45) is 0 Å². The van der Waals surface area contributed by atoms with Crippen LogP contribution < -0.4 is 0 Å². The van der Waals surface area contributed by atoms with E-state index >= 15 is 0 Å². The minimum Gasteiger partial charge on any atom is -0.229 e. The van der Waals surface area contributed by atoms with Crippen LogP contribution in [0.5, 0.6) is 0 Å². The van der Waals surface area contributed by atoms with Crippen LogP contribution in [0.25, 0.3) is 0 Å². The van der Waals surface area contributed by atoms with Crippen molar-refractivity contribution >= 4 is 9.84 Å². The van der Waals surface area contributed by atoms with Crippen molar-refractivity contribution in [1.82, 2.24) is 0 Å². The van der Waals surface area contributed by atoms with Crippen molar-refractivity contribution in [3.63, 3.8) is 0 Å². The zero-order valence-corrected chi connectivity index (χ0v) is 6.04. The van der Waals surface area contributed by atoms with Gasteiger partial charge in [-0.3, -0.25) is 0 Å². The number of alkyl halides is 4. The molecule has 0 atom stereocenters. The fourth-order valence-corrected chi connectivity index (χ4v) is 1.07. The second-order valence-corrected chi connectivity index (χ2v) is 3.73. The normalized spacial score (nSPS) is 14.0. The highest BCUT2D eigenvalue weighted by atomic mass is 32.2. The lowest BCUT2D eigenvalue weighted by molar-refractivity contribution is -0.110. The molecule has 0 rings (SSSR count). The van der Waals surface area contributed by atoms with E-state index in [-0.39, 0.29) is 0 Å². The summed E-state index contributed by atoms with van der Waals surface area (Å²) in [6, 6.07) is 0. The Hall–Kier alpha value is -0.330. The molecule has 67 valence electrons. The van der Waals surface area contributed by atoms with Crippen LogP contribution in [0, 0.1) is 6.26 Å². The zero-order chi connectivity index (χ0) is 9.28. The summed E-state index contributed by atoms with van der Waals surface area (Å²) < 4.78 is 66.4. The van der Waals surface area contributed by atoms with E-state index < -0.39 is 27.9 Å². The van der Waals surface area contributed by atoms with Gasteiger partial charge in [0, 0.05) is 0 Å². The maximum absolute atomic E-state index is 11.9. The molecular formula is C4H5F4O2S.